The molecule has 0 N–H and O–H groups in total. The highest BCUT2D eigenvalue weighted by Crippen LogP contribution is 2.40. The molecule has 2 nitrogen and oxygen atoms in total. The highest BCUT2D eigenvalue weighted by atomic mass is 19.4. The minimum Gasteiger partial charge on any atom is -0.429 e. The fourth-order valence-corrected chi connectivity index (χ4v) is 4.01. The Morgan fingerprint density at radius 3 is 1.68 bits per heavy atom. The Hall–Kier alpha value is -3.35. The standard InChI is InChI=1S/C27H21F11O2/c1-3-4-13(2)11-39-12-14-5-17(28)23(18(29)6-14)15-7-19(30)25(20(31)8-15)27(37,38)40-16-9-21(32)24(22(33)10-16)26(34,35)36/h5-10,13H,3-4,11-12H2,1-2H3. The summed E-state index contributed by atoms with van der Waals surface area (Å²) >= 11 is 0. The van der Waals surface area contributed by atoms with Crippen molar-refractivity contribution in [2.24, 2.45) is 5.92 Å². The van der Waals surface area contributed by atoms with Crippen LogP contribution in [0.1, 0.15) is 43.4 Å². The number of hydrogen-bond acceptors (Lipinski definition) is 2. The summed E-state index contributed by atoms with van der Waals surface area (Å²) in [4.78, 5) is 0. The van der Waals surface area contributed by atoms with E-state index >= 15 is 0 Å². The second-order valence-corrected chi connectivity index (χ2v) is 9.04. The van der Waals surface area contributed by atoms with Gasteiger partial charge in [0.1, 0.15) is 51.8 Å². The first-order chi connectivity index (χ1) is 18.5. The third-order valence-corrected chi connectivity index (χ3v) is 5.72. The van der Waals surface area contributed by atoms with Gasteiger partial charge < -0.3 is 9.47 Å². The summed E-state index contributed by atoms with van der Waals surface area (Å²) in [6, 6.07) is 1.55. The Labute approximate surface area is 221 Å². The molecule has 0 saturated carbocycles. The van der Waals surface area contributed by atoms with E-state index in [1.165, 1.54) is 0 Å². The molecule has 0 spiro atoms. The van der Waals surface area contributed by atoms with Crippen LogP contribution in [0.4, 0.5) is 48.3 Å². The summed E-state index contributed by atoms with van der Waals surface area (Å²) in [5.74, 6) is -12.6. The van der Waals surface area contributed by atoms with E-state index in [0.717, 1.165) is 25.0 Å². The maximum absolute atomic E-state index is 14.7. The van der Waals surface area contributed by atoms with Gasteiger partial charge in [-0.15, -0.1) is 0 Å². The molecule has 0 bridgehead atoms. The topological polar surface area (TPSA) is 18.5 Å². The van der Waals surface area contributed by atoms with E-state index in [1.807, 2.05) is 13.8 Å². The van der Waals surface area contributed by atoms with Crippen LogP contribution in [0, 0.1) is 40.8 Å². The second-order valence-electron chi connectivity index (χ2n) is 9.04. The number of ether oxygens (including phenoxy) is 2. The molecule has 3 rings (SSSR count). The van der Waals surface area contributed by atoms with Gasteiger partial charge >= 0.3 is 12.3 Å². The average molecular weight is 586 g/mol. The quantitative estimate of drug-likeness (QED) is 0.221. The molecule has 0 radical (unpaired) electrons. The highest BCUT2D eigenvalue weighted by molar-refractivity contribution is 5.66. The van der Waals surface area contributed by atoms with Crippen LogP contribution in [0.25, 0.3) is 11.1 Å². The summed E-state index contributed by atoms with van der Waals surface area (Å²) < 4.78 is 163. The van der Waals surface area contributed by atoms with Crippen LogP contribution in [0.2, 0.25) is 0 Å². The zero-order chi connectivity index (χ0) is 30.0. The molecule has 0 aliphatic carbocycles. The number of hydrogen-bond donors (Lipinski definition) is 0. The molecular weight excluding hydrogens is 565 g/mol. The number of rotatable bonds is 10. The van der Waals surface area contributed by atoms with E-state index in [1.54, 1.807) is 0 Å². The maximum Gasteiger partial charge on any atom is 0.432 e. The van der Waals surface area contributed by atoms with Crippen LogP contribution in [0.3, 0.4) is 0 Å². The zero-order valence-electron chi connectivity index (χ0n) is 20.8. The molecule has 0 heterocycles. The van der Waals surface area contributed by atoms with Crippen LogP contribution >= 0.6 is 0 Å². The lowest BCUT2D eigenvalue weighted by molar-refractivity contribution is -0.189. The van der Waals surface area contributed by atoms with Crippen molar-refractivity contribution < 1.29 is 57.8 Å². The number of halogens is 11. The summed E-state index contributed by atoms with van der Waals surface area (Å²) in [7, 11) is 0. The minimum atomic E-state index is -5.51. The van der Waals surface area contributed by atoms with Gasteiger partial charge in [0.25, 0.3) is 0 Å². The van der Waals surface area contributed by atoms with Crippen LogP contribution in [-0.2, 0) is 23.6 Å². The van der Waals surface area contributed by atoms with Crippen molar-refractivity contribution >= 4 is 0 Å². The number of benzene rings is 3. The molecule has 0 aliphatic rings. The van der Waals surface area contributed by atoms with E-state index in [9.17, 15) is 48.3 Å². The second kappa shape index (κ2) is 12.0. The molecule has 218 valence electrons. The van der Waals surface area contributed by atoms with Gasteiger partial charge in [-0.05, 0) is 47.7 Å². The van der Waals surface area contributed by atoms with E-state index in [4.69, 9.17) is 4.74 Å². The van der Waals surface area contributed by atoms with Gasteiger partial charge in [0.15, 0.2) is 0 Å². The van der Waals surface area contributed by atoms with Crippen LogP contribution in [0.15, 0.2) is 36.4 Å². The fraction of sp³-hybridized carbons (Fsp3) is 0.333. The first-order valence-corrected chi connectivity index (χ1v) is 11.7. The van der Waals surface area contributed by atoms with E-state index in [2.05, 4.69) is 4.74 Å². The predicted octanol–water partition coefficient (Wildman–Crippen LogP) is 9.29. The molecule has 0 amide bonds. The summed E-state index contributed by atoms with van der Waals surface area (Å²) in [6.07, 6.45) is -8.74. The molecule has 13 heteroatoms. The molecule has 1 unspecified atom stereocenters. The fourth-order valence-electron chi connectivity index (χ4n) is 4.01. The third-order valence-electron chi connectivity index (χ3n) is 5.72. The van der Waals surface area contributed by atoms with Crippen LogP contribution in [0.5, 0.6) is 5.75 Å². The molecular formula is C27H21F11O2. The monoisotopic (exact) mass is 586 g/mol. The van der Waals surface area contributed by atoms with Crippen molar-refractivity contribution in [2.75, 3.05) is 6.61 Å². The van der Waals surface area contributed by atoms with E-state index < -0.39 is 75.2 Å². The van der Waals surface area contributed by atoms with Crippen LogP contribution < -0.4 is 4.74 Å². The summed E-state index contributed by atoms with van der Waals surface area (Å²) in [6.45, 7) is 4.06. The molecule has 3 aromatic rings. The smallest absolute Gasteiger partial charge is 0.429 e. The Kier molecular flexibility index (Phi) is 9.38. The lowest BCUT2D eigenvalue weighted by atomic mass is 9.99. The van der Waals surface area contributed by atoms with Gasteiger partial charge in [-0.1, -0.05) is 20.3 Å². The van der Waals surface area contributed by atoms with Gasteiger partial charge in [0.05, 0.1) is 12.2 Å². The first kappa shape index (κ1) is 31.2. The number of alkyl halides is 5. The van der Waals surface area contributed by atoms with Crippen molar-refractivity contribution in [2.45, 2.75) is 45.6 Å². The van der Waals surface area contributed by atoms with Gasteiger partial charge in [-0.25, -0.2) is 26.3 Å². The molecule has 0 fully saturated rings. The predicted molar refractivity (Wildman–Crippen MR) is 121 cm³/mol. The molecule has 0 saturated heterocycles. The maximum atomic E-state index is 14.7. The molecule has 3 aromatic carbocycles. The van der Waals surface area contributed by atoms with E-state index in [0.29, 0.717) is 6.61 Å². The Morgan fingerprint density at radius 1 is 0.700 bits per heavy atom. The van der Waals surface area contributed by atoms with Crippen molar-refractivity contribution in [3.63, 3.8) is 0 Å². The summed E-state index contributed by atoms with van der Waals surface area (Å²) in [5.41, 5.74) is -6.19. The Morgan fingerprint density at radius 2 is 1.20 bits per heavy atom. The molecule has 40 heavy (non-hydrogen) atoms. The minimum absolute atomic E-state index is 0.0657. The van der Waals surface area contributed by atoms with Crippen molar-refractivity contribution in [1.29, 1.82) is 0 Å². The van der Waals surface area contributed by atoms with Gasteiger partial charge in [0.2, 0.25) is 0 Å². The first-order valence-electron chi connectivity index (χ1n) is 11.7. The van der Waals surface area contributed by atoms with Gasteiger partial charge in [0, 0.05) is 18.7 Å². The zero-order valence-corrected chi connectivity index (χ0v) is 20.8. The van der Waals surface area contributed by atoms with Gasteiger partial charge in [-0.3, -0.25) is 0 Å². The SMILES string of the molecule is CCCC(C)COCc1cc(F)c(-c2cc(F)c(C(F)(F)Oc3cc(F)c(C(F)(F)F)c(F)c3)c(F)c2)c(F)c1. The molecule has 1 atom stereocenters. The highest BCUT2D eigenvalue weighted by Gasteiger charge is 2.43. The van der Waals surface area contributed by atoms with Gasteiger partial charge in [-0.2, -0.15) is 22.0 Å². The Bertz CT molecular complexity index is 1300. The largest absolute Gasteiger partial charge is 0.432 e. The van der Waals surface area contributed by atoms with Crippen molar-refractivity contribution in [3.05, 3.63) is 88.0 Å². The molecule has 0 aromatic heterocycles. The van der Waals surface area contributed by atoms with Crippen molar-refractivity contribution in [3.8, 4) is 16.9 Å². The third kappa shape index (κ3) is 7.04. The average Bonchev–Trinajstić information content (AvgIpc) is 2.76. The van der Waals surface area contributed by atoms with Crippen LogP contribution in [-0.4, -0.2) is 6.61 Å². The van der Waals surface area contributed by atoms with Crippen molar-refractivity contribution in [1.82, 2.24) is 0 Å². The lowest BCUT2D eigenvalue weighted by Gasteiger charge is -2.21. The molecule has 0 aliphatic heterocycles. The summed E-state index contributed by atoms with van der Waals surface area (Å²) in [5, 5.41) is 0. The van der Waals surface area contributed by atoms with E-state index in [-0.39, 0.29) is 42.4 Å². The lowest BCUT2D eigenvalue weighted by Crippen LogP contribution is -2.25. The Balaban J connectivity index is 1.89. The normalized spacial score (nSPS) is 13.0.